The lowest BCUT2D eigenvalue weighted by Crippen LogP contribution is -2.40. The number of carbonyl (C=O) groups excluding carboxylic acids is 2. The Morgan fingerprint density at radius 3 is 1.94 bits per heavy atom. The van der Waals surface area contributed by atoms with Gasteiger partial charge in [0.2, 0.25) is 0 Å². The van der Waals surface area contributed by atoms with Crippen LogP contribution in [0.25, 0.3) is 0 Å². The minimum absolute atomic E-state index is 0.0631. The van der Waals surface area contributed by atoms with Crippen LogP contribution in [0.15, 0.2) is 42.5 Å². The minimum atomic E-state index is -0.201. The fraction of sp³-hybridized carbons (Fsp3) is 0.440. The molecule has 0 aliphatic carbocycles. The maximum Gasteiger partial charge on any atom is 0.321 e. The van der Waals surface area contributed by atoms with Crippen molar-refractivity contribution in [2.24, 2.45) is 0 Å². The highest BCUT2D eigenvalue weighted by Crippen LogP contribution is 2.32. The summed E-state index contributed by atoms with van der Waals surface area (Å²) in [6, 6.07) is 13.1. The number of nitrogens with one attached hydrogen (secondary N) is 2. The van der Waals surface area contributed by atoms with Crippen LogP contribution in [0.2, 0.25) is 0 Å². The lowest BCUT2D eigenvalue weighted by atomic mass is 9.92. The van der Waals surface area contributed by atoms with E-state index >= 15 is 0 Å². The first kappa shape index (κ1) is 24.3. The molecule has 0 saturated heterocycles. The molecule has 2 aromatic rings. The monoisotopic (exact) mass is 425 g/mol. The van der Waals surface area contributed by atoms with E-state index in [9.17, 15) is 9.59 Å². The molecular formula is C25H35N3O3. The Morgan fingerprint density at radius 2 is 1.45 bits per heavy atom. The van der Waals surface area contributed by atoms with Crippen LogP contribution in [-0.2, 0) is 4.79 Å². The van der Waals surface area contributed by atoms with Crippen LogP contribution in [0.4, 0.5) is 16.2 Å². The molecule has 0 saturated carbocycles. The molecule has 0 radical (unpaired) electrons. The Bertz CT molecular complexity index is 863. The number of para-hydroxylation sites is 1. The number of carbonyl (C=O) groups is 2. The number of benzene rings is 2. The fourth-order valence-corrected chi connectivity index (χ4v) is 3.25. The van der Waals surface area contributed by atoms with Crippen molar-refractivity contribution in [1.82, 2.24) is 5.32 Å². The molecule has 6 nitrogen and oxygen atoms in total. The second kappa shape index (κ2) is 10.8. The number of anilines is 2. The second-order valence-electron chi connectivity index (χ2n) is 8.61. The topological polar surface area (TPSA) is 70.7 Å². The van der Waals surface area contributed by atoms with Gasteiger partial charge >= 0.3 is 6.03 Å². The molecular weight excluding hydrogens is 390 g/mol. The first-order valence-corrected chi connectivity index (χ1v) is 10.8. The van der Waals surface area contributed by atoms with E-state index in [0.29, 0.717) is 17.6 Å². The van der Waals surface area contributed by atoms with E-state index < -0.39 is 0 Å². The van der Waals surface area contributed by atoms with Gasteiger partial charge in [0.1, 0.15) is 5.75 Å². The molecule has 2 aromatic carbocycles. The van der Waals surface area contributed by atoms with E-state index in [0.717, 1.165) is 22.5 Å². The summed E-state index contributed by atoms with van der Waals surface area (Å²) >= 11 is 0. The fourth-order valence-electron chi connectivity index (χ4n) is 3.25. The third kappa shape index (κ3) is 6.74. The quantitative estimate of drug-likeness (QED) is 0.586. The van der Waals surface area contributed by atoms with Crippen molar-refractivity contribution >= 4 is 23.3 Å². The van der Waals surface area contributed by atoms with E-state index in [1.54, 1.807) is 31.3 Å². The molecule has 2 rings (SSSR count). The van der Waals surface area contributed by atoms with Crippen LogP contribution >= 0.6 is 0 Å². The zero-order valence-electron chi connectivity index (χ0n) is 19.7. The van der Waals surface area contributed by atoms with Crippen LogP contribution in [0, 0.1) is 0 Å². The van der Waals surface area contributed by atoms with Crippen LogP contribution in [-0.4, -0.2) is 31.6 Å². The van der Waals surface area contributed by atoms with Gasteiger partial charge in [0.25, 0.3) is 5.91 Å². The standard InChI is InChI=1S/C25H35N3O3/c1-16(2)21-9-8-10-22(17(3)4)24(21)27-23(29)15-31-20-13-11-19(12-14-20)28(7)25(30)26-18(5)6/h8-14,16-18H,15H2,1-7H3,(H,26,30)(H,27,29). The molecule has 0 aliphatic rings. The van der Waals surface area contributed by atoms with Crippen LogP contribution in [0.3, 0.4) is 0 Å². The van der Waals surface area contributed by atoms with Crippen molar-refractivity contribution in [3.8, 4) is 5.75 Å². The molecule has 6 heteroatoms. The Balaban J connectivity index is 2.02. The highest BCUT2D eigenvalue weighted by Gasteiger charge is 2.16. The van der Waals surface area contributed by atoms with E-state index in [-0.39, 0.29) is 24.6 Å². The Hall–Kier alpha value is -3.02. The maximum absolute atomic E-state index is 12.6. The minimum Gasteiger partial charge on any atom is -0.484 e. The summed E-state index contributed by atoms with van der Waals surface area (Å²) < 4.78 is 5.67. The van der Waals surface area contributed by atoms with Crippen molar-refractivity contribution < 1.29 is 14.3 Å². The largest absolute Gasteiger partial charge is 0.484 e. The van der Waals surface area contributed by atoms with E-state index in [2.05, 4.69) is 50.5 Å². The molecule has 168 valence electrons. The van der Waals surface area contributed by atoms with Gasteiger partial charge in [-0.1, -0.05) is 45.9 Å². The lowest BCUT2D eigenvalue weighted by molar-refractivity contribution is -0.118. The Labute approximate surface area is 186 Å². The summed E-state index contributed by atoms with van der Waals surface area (Å²) in [5.74, 6) is 0.963. The molecule has 0 spiro atoms. The molecule has 0 aliphatic heterocycles. The summed E-state index contributed by atoms with van der Waals surface area (Å²) in [5.41, 5.74) is 3.86. The molecule has 0 bridgehead atoms. The first-order valence-electron chi connectivity index (χ1n) is 10.8. The van der Waals surface area contributed by atoms with Gasteiger partial charge < -0.3 is 15.4 Å². The highest BCUT2D eigenvalue weighted by atomic mass is 16.5. The van der Waals surface area contributed by atoms with Crippen LogP contribution in [0.5, 0.6) is 5.75 Å². The maximum atomic E-state index is 12.6. The summed E-state index contributed by atoms with van der Waals surface area (Å²) in [5, 5.41) is 5.90. The van der Waals surface area contributed by atoms with Crippen molar-refractivity contribution in [3.05, 3.63) is 53.6 Å². The average Bonchev–Trinajstić information content (AvgIpc) is 2.71. The van der Waals surface area contributed by atoms with E-state index in [1.165, 1.54) is 4.90 Å². The summed E-state index contributed by atoms with van der Waals surface area (Å²) in [6.45, 7) is 12.2. The Kier molecular flexibility index (Phi) is 8.48. The number of hydrogen-bond donors (Lipinski definition) is 2. The van der Waals surface area contributed by atoms with Gasteiger partial charge in [0, 0.05) is 24.5 Å². The van der Waals surface area contributed by atoms with Crippen molar-refractivity contribution in [1.29, 1.82) is 0 Å². The second-order valence-corrected chi connectivity index (χ2v) is 8.61. The van der Waals surface area contributed by atoms with Crippen molar-refractivity contribution in [2.45, 2.75) is 59.4 Å². The normalized spacial score (nSPS) is 11.0. The molecule has 0 unspecified atom stereocenters. The van der Waals surface area contributed by atoms with Crippen molar-refractivity contribution in [3.63, 3.8) is 0 Å². The predicted molar refractivity (Wildman–Crippen MR) is 127 cm³/mol. The summed E-state index contributed by atoms with van der Waals surface area (Å²) in [4.78, 5) is 26.2. The summed E-state index contributed by atoms with van der Waals surface area (Å²) in [6.07, 6.45) is 0. The van der Waals surface area contributed by atoms with Crippen molar-refractivity contribution in [2.75, 3.05) is 23.9 Å². The summed E-state index contributed by atoms with van der Waals surface area (Å²) in [7, 11) is 1.71. The number of amides is 3. The molecule has 2 N–H and O–H groups in total. The molecule has 0 fully saturated rings. The molecule has 0 heterocycles. The lowest BCUT2D eigenvalue weighted by Gasteiger charge is -2.21. The average molecular weight is 426 g/mol. The number of ether oxygens (including phenoxy) is 1. The van der Waals surface area contributed by atoms with Gasteiger partial charge in [-0.05, 0) is 61.1 Å². The van der Waals surface area contributed by atoms with Gasteiger partial charge in [0.05, 0.1) is 0 Å². The zero-order chi connectivity index (χ0) is 23.1. The smallest absolute Gasteiger partial charge is 0.321 e. The third-order valence-electron chi connectivity index (χ3n) is 4.95. The van der Waals surface area contributed by atoms with E-state index in [4.69, 9.17) is 4.74 Å². The zero-order valence-corrected chi connectivity index (χ0v) is 19.7. The van der Waals surface area contributed by atoms with Crippen LogP contribution in [0.1, 0.15) is 64.5 Å². The molecule has 31 heavy (non-hydrogen) atoms. The van der Waals surface area contributed by atoms with Gasteiger partial charge in [-0.3, -0.25) is 9.69 Å². The van der Waals surface area contributed by atoms with Gasteiger partial charge in [-0.2, -0.15) is 0 Å². The number of nitrogens with zero attached hydrogens (tertiary/aromatic N) is 1. The first-order chi connectivity index (χ1) is 14.6. The number of urea groups is 1. The van der Waals surface area contributed by atoms with Gasteiger partial charge in [-0.25, -0.2) is 4.79 Å². The van der Waals surface area contributed by atoms with Gasteiger partial charge in [-0.15, -0.1) is 0 Å². The number of hydrogen-bond acceptors (Lipinski definition) is 3. The highest BCUT2D eigenvalue weighted by molar-refractivity contribution is 5.94. The third-order valence-corrected chi connectivity index (χ3v) is 4.95. The molecule has 0 atom stereocenters. The Morgan fingerprint density at radius 1 is 0.903 bits per heavy atom. The van der Waals surface area contributed by atoms with E-state index in [1.807, 2.05) is 19.9 Å². The molecule has 0 aromatic heterocycles. The predicted octanol–water partition coefficient (Wildman–Crippen LogP) is 5.51. The molecule has 3 amide bonds. The van der Waals surface area contributed by atoms with Crippen LogP contribution < -0.4 is 20.3 Å². The van der Waals surface area contributed by atoms with Gasteiger partial charge in [0.15, 0.2) is 6.61 Å². The SMILES string of the molecule is CC(C)NC(=O)N(C)c1ccc(OCC(=O)Nc2c(C(C)C)cccc2C(C)C)cc1. The number of rotatable bonds is 8.